The molecule has 0 radical (unpaired) electrons. The van der Waals surface area contributed by atoms with E-state index < -0.39 is 11.9 Å². The van der Waals surface area contributed by atoms with Crippen LogP contribution in [0.1, 0.15) is 11.3 Å². The first-order valence-electron chi connectivity index (χ1n) is 3.12. The average Bonchev–Trinajstić information content (AvgIpc) is 2.03. The van der Waals surface area contributed by atoms with Gasteiger partial charge in [-0.05, 0) is 17.7 Å². The fraction of sp³-hybridized carbons (Fsp3) is 0.286. The van der Waals surface area contributed by atoms with E-state index in [0.717, 1.165) is 12.3 Å². The minimum absolute atomic E-state index is 0.401. The first-order chi connectivity index (χ1) is 5.54. The molecule has 0 N–H and O–H groups in total. The number of aromatic nitrogens is 1. The van der Waals surface area contributed by atoms with Gasteiger partial charge in [0.1, 0.15) is 5.69 Å². The van der Waals surface area contributed by atoms with Gasteiger partial charge in [0.05, 0.1) is 0 Å². The summed E-state index contributed by atoms with van der Waals surface area (Å²) in [6.45, 7) is 0. The fourth-order valence-electron chi connectivity index (χ4n) is 0.712. The smallest absolute Gasteiger partial charge is 0.252 e. The molecular formula is C7H5BrF3N. The van der Waals surface area contributed by atoms with Gasteiger partial charge in [-0.3, -0.25) is 4.98 Å². The minimum atomic E-state index is -4.35. The van der Waals surface area contributed by atoms with Crippen molar-refractivity contribution in [1.82, 2.24) is 4.98 Å². The number of nitrogens with zero attached hydrogens (tertiary/aromatic N) is 1. The zero-order valence-corrected chi connectivity index (χ0v) is 7.48. The van der Waals surface area contributed by atoms with Gasteiger partial charge in [0.2, 0.25) is 0 Å². The molecule has 0 spiro atoms. The lowest BCUT2D eigenvalue weighted by Crippen LogP contribution is -2.07. The summed E-state index contributed by atoms with van der Waals surface area (Å²) >= 11 is 3.06. The molecule has 1 heterocycles. The summed E-state index contributed by atoms with van der Waals surface area (Å²) in [5.41, 5.74) is -0.281. The van der Waals surface area contributed by atoms with Gasteiger partial charge >= 0.3 is 6.18 Å². The third-order valence-electron chi connectivity index (χ3n) is 1.27. The van der Waals surface area contributed by atoms with E-state index in [9.17, 15) is 13.2 Å². The lowest BCUT2D eigenvalue weighted by atomic mass is 10.2. The van der Waals surface area contributed by atoms with Crippen molar-refractivity contribution in [3.63, 3.8) is 0 Å². The summed E-state index contributed by atoms with van der Waals surface area (Å²) in [6, 6.07) is 2.55. The summed E-state index contributed by atoms with van der Waals surface area (Å²) in [4.78, 5) is 3.21. The molecule has 0 fully saturated rings. The second-order valence-corrected chi connectivity index (χ2v) is 2.74. The lowest BCUT2D eigenvalue weighted by molar-refractivity contribution is -0.141. The lowest BCUT2D eigenvalue weighted by Gasteiger charge is -2.05. The van der Waals surface area contributed by atoms with Gasteiger partial charge in [-0.25, -0.2) is 0 Å². The molecule has 0 amide bonds. The molecule has 5 heteroatoms. The highest BCUT2D eigenvalue weighted by molar-refractivity contribution is 9.08. The van der Waals surface area contributed by atoms with Crippen molar-refractivity contribution in [3.05, 3.63) is 29.6 Å². The van der Waals surface area contributed by atoms with Gasteiger partial charge in [-0.15, -0.1) is 0 Å². The van der Waals surface area contributed by atoms with Gasteiger partial charge in [0.25, 0.3) is 0 Å². The normalized spacial score (nSPS) is 11.7. The highest BCUT2D eigenvalue weighted by Gasteiger charge is 2.32. The van der Waals surface area contributed by atoms with Crippen LogP contribution in [0.5, 0.6) is 0 Å². The van der Waals surface area contributed by atoms with Crippen LogP contribution in [-0.2, 0) is 11.5 Å². The van der Waals surface area contributed by atoms with Crippen LogP contribution in [-0.4, -0.2) is 4.98 Å². The molecule has 1 rings (SSSR count). The van der Waals surface area contributed by atoms with Crippen molar-refractivity contribution in [2.75, 3.05) is 0 Å². The Morgan fingerprint density at radius 1 is 1.42 bits per heavy atom. The molecule has 12 heavy (non-hydrogen) atoms. The maximum Gasteiger partial charge on any atom is 0.433 e. The van der Waals surface area contributed by atoms with Crippen LogP contribution in [0.15, 0.2) is 18.3 Å². The zero-order valence-electron chi connectivity index (χ0n) is 5.90. The van der Waals surface area contributed by atoms with Crippen molar-refractivity contribution in [2.45, 2.75) is 11.5 Å². The Balaban J connectivity index is 3.02. The summed E-state index contributed by atoms with van der Waals surface area (Å²) in [7, 11) is 0. The topological polar surface area (TPSA) is 12.9 Å². The Bertz CT molecular complexity index is 272. The SMILES string of the molecule is FC(F)(F)c1cc(CBr)ccn1. The molecule has 0 unspecified atom stereocenters. The first-order valence-corrected chi connectivity index (χ1v) is 4.24. The number of rotatable bonds is 1. The summed E-state index contributed by atoms with van der Waals surface area (Å²) in [5.74, 6) is 0. The van der Waals surface area contributed by atoms with Gasteiger partial charge in [0, 0.05) is 11.5 Å². The molecule has 0 saturated carbocycles. The second kappa shape index (κ2) is 3.43. The number of halogens is 4. The maximum atomic E-state index is 12.0. The average molecular weight is 240 g/mol. The van der Waals surface area contributed by atoms with Crippen LogP contribution in [0.3, 0.4) is 0 Å². The van der Waals surface area contributed by atoms with Crippen LogP contribution in [0, 0.1) is 0 Å². The van der Waals surface area contributed by atoms with Crippen molar-refractivity contribution in [3.8, 4) is 0 Å². The van der Waals surface area contributed by atoms with Gasteiger partial charge in [0.15, 0.2) is 0 Å². The highest BCUT2D eigenvalue weighted by atomic mass is 79.9. The molecule has 0 saturated heterocycles. The van der Waals surface area contributed by atoms with Gasteiger partial charge in [-0.2, -0.15) is 13.2 Å². The molecule has 0 aromatic carbocycles. The van der Waals surface area contributed by atoms with Crippen LogP contribution in [0.25, 0.3) is 0 Å². The highest BCUT2D eigenvalue weighted by Crippen LogP contribution is 2.27. The predicted molar refractivity (Wildman–Crippen MR) is 41.9 cm³/mol. The van der Waals surface area contributed by atoms with Gasteiger partial charge in [-0.1, -0.05) is 15.9 Å². The van der Waals surface area contributed by atoms with Crippen molar-refractivity contribution in [2.24, 2.45) is 0 Å². The van der Waals surface area contributed by atoms with Crippen LogP contribution in [0.2, 0.25) is 0 Å². The fourth-order valence-corrected chi connectivity index (χ4v) is 1.06. The molecule has 1 nitrogen and oxygen atoms in total. The third-order valence-corrected chi connectivity index (χ3v) is 1.92. The maximum absolute atomic E-state index is 12.0. The molecule has 0 aliphatic heterocycles. The molecule has 1 aromatic heterocycles. The van der Waals surface area contributed by atoms with E-state index >= 15 is 0 Å². The Hall–Kier alpha value is -0.580. The van der Waals surface area contributed by atoms with E-state index in [1.54, 1.807) is 0 Å². The monoisotopic (exact) mass is 239 g/mol. The Labute approximate surface area is 75.7 Å². The number of pyridine rings is 1. The largest absolute Gasteiger partial charge is 0.433 e. The molecular weight excluding hydrogens is 235 g/mol. The van der Waals surface area contributed by atoms with Crippen molar-refractivity contribution < 1.29 is 13.2 Å². The molecule has 0 aliphatic carbocycles. The molecule has 0 atom stereocenters. The van der Waals surface area contributed by atoms with E-state index in [4.69, 9.17) is 0 Å². The van der Waals surface area contributed by atoms with Crippen molar-refractivity contribution >= 4 is 15.9 Å². The second-order valence-electron chi connectivity index (χ2n) is 2.18. The Morgan fingerprint density at radius 2 is 2.08 bits per heavy atom. The molecule has 0 aliphatic rings. The molecule has 1 aromatic rings. The van der Waals surface area contributed by atoms with Crippen LogP contribution < -0.4 is 0 Å². The summed E-state index contributed by atoms with van der Waals surface area (Å²) < 4.78 is 36.1. The Morgan fingerprint density at radius 3 is 2.58 bits per heavy atom. The zero-order chi connectivity index (χ0) is 9.19. The summed E-state index contributed by atoms with van der Waals surface area (Å²) in [6.07, 6.45) is -3.20. The third kappa shape index (κ3) is 2.20. The Kier molecular flexibility index (Phi) is 2.72. The van der Waals surface area contributed by atoms with Crippen molar-refractivity contribution in [1.29, 1.82) is 0 Å². The van der Waals surface area contributed by atoms with Gasteiger partial charge < -0.3 is 0 Å². The van der Waals surface area contributed by atoms with Crippen LogP contribution in [0.4, 0.5) is 13.2 Å². The quantitative estimate of drug-likeness (QED) is 0.687. The number of hydrogen-bond acceptors (Lipinski definition) is 1. The van der Waals surface area contributed by atoms with E-state index in [2.05, 4.69) is 20.9 Å². The van der Waals surface area contributed by atoms with E-state index in [1.165, 1.54) is 6.07 Å². The number of alkyl halides is 4. The molecule has 0 bridgehead atoms. The van der Waals surface area contributed by atoms with E-state index in [1.807, 2.05) is 0 Å². The predicted octanol–water partition coefficient (Wildman–Crippen LogP) is 3.00. The van der Waals surface area contributed by atoms with E-state index in [-0.39, 0.29) is 0 Å². The number of hydrogen-bond donors (Lipinski definition) is 0. The minimum Gasteiger partial charge on any atom is -0.252 e. The summed E-state index contributed by atoms with van der Waals surface area (Å²) in [5, 5.41) is 0.401. The first kappa shape index (κ1) is 9.51. The van der Waals surface area contributed by atoms with Crippen LogP contribution >= 0.6 is 15.9 Å². The van der Waals surface area contributed by atoms with E-state index in [0.29, 0.717) is 10.9 Å². The molecule has 66 valence electrons. The standard InChI is InChI=1S/C7H5BrF3N/c8-4-5-1-2-12-6(3-5)7(9,10)11/h1-3H,4H2.